The second-order valence-electron chi connectivity index (χ2n) is 6.13. The lowest BCUT2D eigenvalue weighted by atomic mass is 10.2. The third-order valence-electron chi connectivity index (χ3n) is 3.89. The van der Waals surface area contributed by atoms with Gasteiger partial charge >= 0.3 is 6.18 Å². The molecule has 154 valence electrons. The van der Waals surface area contributed by atoms with Crippen molar-refractivity contribution in [3.05, 3.63) is 61.9 Å². The molecule has 0 unspecified atom stereocenters. The van der Waals surface area contributed by atoms with Crippen molar-refractivity contribution < 1.29 is 18.0 Å². The topological polar surface area (TPSA) is 64.7 Å². The standard InChI is InChI=1S/C17H13BrCl2F3N5O/c1-9-4-14(17(21,22)23)25-28(9)8-15(29)24-16-12(18)7-27(26-16)6-10-2-3-11(19)5-13(10)20/h2-5,7H,6,8H2,1H3,(H,24,26,29). The van der Waals surface area contributed by atoms with Crippen LogP contribution in [0.25, 0.3) is 0 Å². The van der Waals surface area contributed by atoms with Crippen molar-refractivity contribution in [1.82, 2.24) is 19.6 Å². The molecule has 0 radical (unpaired) electrons. The Morgan fingerprint density at radius 1 is 1.24 bits per heavy atom. The van der Waals surface area contributed by atoms with Gasteiger partial charge in [-0.3, -0.25) is 14.2 Å². The van der Waals surface area contributed by atoms with E-state index in [1.165, 1.54) is 6.92 Å². The van der Waals surface area contributed by atoms with Gasteiger partial charge < -0.3 is 5.32 Å². The summed E-state index contributed by atoms with van der Waals surface area (Å²) in [5.41, 5.74) is -0.0571. The number of nitrogens with zero attached hydrogens (tertiary/aromatic N) is 4. The summed E-state index contributed by atoms with van der Waals surface area (Å²) in [6.45, 7) is 1.39. The lowest BCUT2D eigenvalue weighted by Crippen LogP contribution is -2.21. The van der Waals surface area contributed by atoms with E-state index >= 15 is 0 Å². The molecule has 0 aliphatic carbocycles. The third-order valence-corrected chi connectivity index (χ3v) is 5.05. The largest absolute Gasteiger partial charge is 0.435 e. The highest BCUT2D eigenvalue weighted by Crippen LogP contribution is 2.28. The summed E-state index contributed by atoms with van der Waals surface area (Å²) in [5.74, 6) is -0.346. The number of carbonyl (C=O) groups is 1. The van der Waals surface area contributed by atoms with Crippen molar-refractivity contribution in [2.45, 2.75) is 26.2 Å². The van der Waals surface area contributed by atoms with E-state index in [1.807, 2.05) is 0 Å². The van der Waals surface area contributed by atoms with Gasteiger partial charge in [0.05, 0.1) is 11.0 Å². The number of rotatable bonds is 5. The highest BCUT2D eigenvalue weighted by molar-refractivity contribution is 9.10. The highest BCUT2D eigenvalue weighted by atomic mass is 79.9. The normalized spacial score (nSPS) is 11.7. The summed E-state index contributed by atoms with van der Waals surface area (Å²) in [6, 6.07) is 5.96. The molecule has 0 spiro atoms. The second-order valence-corrected chi connectivity index (χ2v) is 7.83. The maximum absolute atomic E-state index is 12.7. The molecule has 3 aromatic rings. The van der Waals surface area contributed by atoms with Gasteiger partial charge in [-0.1, -0.05) is 29.3 Å². The monoisotopic (exact) mass is 509 g/mol. The van der Waals surface area contributed by atoms with Gasteiger partial charge in [0, 0.05) is 21.9 Å². The summed E-state index contributed by atoms with van der Waals surface area (Å²) in [5, 5.41) is 11.2. The molecule has 0 aliphatic rings. The zero-order chi connectivity index (χ0) is 21.3. The number of benzene rings is 1. The second kappa shape index (κ2) is 8.37. The number of amides is 1. The van der Waals surface area contributed by atoms with Gasteiger partial charge in [0.1, 0.15) is 6.54 Å². The minimum absolute atomic E-state index is 0.217. The number of alkyl halides is 3. The Kier molecular flexibility index (Phi) is 6.25. The number of aromatic nitrogens is 4. The molecule has 29 heavy (non-hydrogen) atoms. The number of anilines is 1. The van der Waals surface area contributed by atoms with Crippen LogP contribution in [0.3, 0.4) is 0 Å². The minimum atomic E-state index is -4.57. The van der Waals surface area contributed by atoms with Crippen LogP contribution in [0.15, 0.2) is 34.9 Å². The lowest BCUT2D eigenvalue weighted by molar-refractivity contribution is -0.141. The quantitative estimate of drug-likeness (QED) is 0.515. The van der Waals surface area contributed by atoms with Gasteiger partial charge in [-0.05, 0) is 46.6 Å². The summed E-state index contributed by atoms with van der Waals surface area (Å²) < 4.78 is 41.3. The van der Waals surface area contributed by atoms with E-state index in [-0.39, 0.29) is 18.1 Å². The Balaban J connectivity index is 1.69. The SMILES string of the molecule is Cc1cc(C(F)(F)F)nn1CC(=O)Nc1nn(Cc2ccc(Cl)cc2Cl)cc1Br. The van der Waals surface area contributed by atoms with Crippen molar-refractivity contribution >= 4 is 50.9 Å². The van der Waals surface area contributed by atoms with Crippen LogP contribution < -0.4 is 5.32 Å². The van der Waals surface area contributed by atoms with Crippen LogP contribution in [0.2, 0.25) is 10.0 Å². The Hall–Kier alpha value is -2.04. The van der Waals surface area contributed by atoms with E-state index in [2.05, 4.69) is 31.4 Å². The van der Waals surface area contributed by atoms with E-state index in [4.69, 9.17) is 23.2 Å². The van der Waals surface area contributed by atoms with Crippen molar-refractivity contribution in [1.29, 1.82) is 0 Å². The fourth-order valence-corrected chi connectivity index (χ4v) is 3.39. The Bertz CT molecular complexity index is 1060. The first kappa shape index (κ1) is 21.7. The summed E-state index contributed by atoms with van der Waals surface area (Å²) >= 11 is 15.3. The number of carbonyl (C=O) groups excluding carboxylic acids is 1. The van der Waals surface area contributed by atoms with Gasteiger partial charge in [-0.25, -0.2) is 0 Å². The number of halogens is 6. The van der Waals surface area contributed by atoms with Crippen LogP contribution >= 0.6 is 39.1 Å². The lowest BCUT2D eigenvalue weighted by Gasteiger charge is -2.06. The predicted octanol–water partition coefficient (Wildman–Crippen LogP) is 5.16. The fourth-order valence-electron chi connectivity index (χ4n) is 2.50. The summed E-state index contributed by atoms with van der Waals surface area (Å²) in [6.07, 6.45) is -2.93. The molecule has 12 heteroatoms. The fraction of sp³-hybridized carbons (Fsp3) is 0.235. The minimum Gasteiger partial charge on any atom is -0.307 e. The highest BCUT2D eigenvalue weighted by Gasteiger charge is 2.34. The molecule has 0 saturated heterocycles. The number of hydrogen-bond donors (Lipinski definition) is 1. The maximum atomic E-state index is 12.7. The molecule has 0 bridgehead atoms. The van der Waals surface area contributed by atoms with Crippen LogP contribution in [0.1, 0.15) is 17.0 Å². The average molecular weight is 511 g/mol. The molecule has 0 aliphatic heterocycles. The van der Waals surface area contributed by atoms with E-state index in [1.54, 1.807) is 29.1 Å². The third kappa shape index (κ3) is 5.31. The predicted molar refractivity (Wildman–Crippen MR) is 106 cm³/mol. The van der Waals surface area contributed by atoms with Crippen molar-refractivity contribution in [3.8, 4) is 0 Å². The van der Waals surface area contributed by atoms with Gasteiger partial charge in [0.25, 0.3) is 0 Å². The molecule has 1 N–H and O–H groups in total. The first-order valence-corrected chi connectivity index (χ1v) is 9.66. The average Bonchev–Trinajstić information content (AvgIpc) is 3.13. The number of nitrogens with one attached hydrogen (secondary N) is 1. The van der Waals surface area contributed by atoms with E-state index in [9.17, 15) is 18.0 Å². The van der Waals surface area contributed by atoms with Crippen LogP contribution in [0, 0.1) is 6.92 Å². The molecular weight excluding hydrogens is 498 g/mol. The smallest absolute Gasteiger partial charge is 0.307 e. The summed E-state index contributed by atoms with van der Waals surface area (Å²) in [4.78, 5) is 12.2. The molecule has 0 atom stereocenters. The molecular formula is C17H13BrCl2F3N5O. The Morgan fingerprint density at radius 2 is 1.97 bits per heavy atom. The van der Waals surface area contributed by atoms with Crippen LogP contribution in [-0.2, 0) is 24.1 Å². The first-order valence-electron chi connectivity index (χ1n) is 8.11. The number of hydrogen-bond acceptors (Lipinski definition) is 3. The van der Waals surface area contributed by atoms with E-state index in [0.717, 1.165) is 16.3 Å². The van der Waals surface area contributed by atoms with E-state index < -0.39 is 17.8 Å². The van der Waals surface area contributed by atoms with Crippen LogP contribution in [0.5, 0.6) is 0 Å². The summed E-state index contributed by atoms with van der Waals surface area (Å²) in [7, 11) is 0. The Morgan fingerprint density at radius 3 is 2.59 bits per heavy atom. The molecule has 0 saturated carbocycles. The number of aryl methyl sites for hydroxylation is 1. The molecule has 3 rings (SSSR count). The van der Waals surface area contributed by atoms with Gasteiger partial charge in [-0.15, -0.1) is 0 Å². The zero-order valence-electron chi connectivity index (χ0n) is 14.8. The van der Waals surface area contributed by atoms with Crippen LogP contribution in [-0.4, -0.2) is 25.5 Å². The molecule has 2 heterocycles. The van der Waals surface area contributed by atoms with Crippen molar-refractivity contribution in [2.75, 3.05) is 5.32 Å². The van der Waals surface area contributed by atoms with Gasteiger partial charge in [0.15, 0.2) is 11.5 Å². The molecule has 0 fully saturated rings. The van der Waals surface area contributed by atoms with Crippen molar-refractivity contribution in [3.63, 3.8) is 0 Å². The molecule has 6 nitrogen and oxygen atoms in total. The van der Waals surface area contributed by atoms with Gasteiger partial charge in [0.2, 0.25) is 5.91 Å². The van der Waals surface area contributed by atoms with E-state index in [0.29, 0.717) is 21.1 Å². The molecule has 1 aromatic carbocycles. The molecule has 1 amide bonds. The molecule has 2 aromatic heterocycles. The Labute approximate surface area is 181 Å². The van der Waals surface area contributed by atoms with Gasteiger partial charge in [-0.2, -0.15) is 23.4 Å². The first-order chi connectivity index (χ1) is 13.5. The zero-order valence-corrected chi connectivity index (χ0v) is 17.9. The van der Waals surface area contributed by atoms with Crippen LogP contribution in [0.4, 0.5) is 19.0 Å². The van der Waals surface area contributed by atoms with Crippen molar-refractivity contribution in [2.24, 2.45) is 0 Å². The maximum Gasteiger partial charge on any atom is 0.435 e.